The van der Waals surface area contributed by atoms with Gasteiger partial charge in [0.15, 0.2) is 11.9 Å². The van der Waals surface area contributed by atoms with Gasteiger partial charge in [0, 0.05) is 16.1 Å². The van der Waals surface area contributed by atoms with Crippen LogP contribution >= 0.6 is 22.9 Å². The van der Waals surface area contributed by atoms with Crippen LogP contribution in [-0.2, 0) is 16.0 Å². The average Bonchev–Trinajstić information content (AvgIpc) is 3.23. The number of halogens is 1. The lowest BCUT2D eigenvalue weighted by molar-refractivity contribution is -0.137. The molecule has 8 heteroatoms. The van der Waals surface area contributed by atoms with Crippen LogP contribution in [0.5, 0.6) is 0 Å². The number of benzene rings is 1. The molecule has 1 atom stereocenters. The molecule has 1 aromatic carbocycles. The highest BCUT2D eigenvalue weighted by Gasteiger charge is 2.27. The molecule has 2 aromatic heterocycles. The number of carbonyl (C=O) groups is 2. The number of aromatic nitrogens is 2. The second-order valence-corrected chi connectivity index (χ2v) is 8.82. The number of nitrogens with zero attached hydrogens (tertiary/aromatic N) is 2. The number of ether oxygens (including phenoxy) is 1. The van der Waals surface area contributed by atoms with Crippen molar-refractivity contribution in [3.63, 3.8) is 0 Å². The number of anilines is 1. The predicted octanol–water partition coefficient (Wildman–Crippen LogP) is 5.11. The summed E-state index contributed by atoms with van der Waals surface area (Å²) in [4.78, 5) is 33.4. The monoisotopic (exact) mass is 443 g/mol. The molecule has 3 aromatic rings. The summed E-state index contributed by atoms with van der Waals surface area (Å²) in [7, 11) is 0. The van der Waals surface area contributed by atoms with Gasteiger partial charge in [-0.3, -0.25) is 14.6 Å². The third-order valence-electron chi connectivity index (χ3n) is 4.03. The molecule has 2 heterocycles. The van der Waals surface area contributed by atoms with Gasteiger partial charge in [-0.15, -0.1) is 11.3 Å². The van der Waals surface area contributed by atoms with E-state index in [2.05, 4.69) is 15.3 Å². The maximum atomic E-state index is 12.9. The van der Waals surface area contributed by atoms with Crippen LogP contribution in [0, 0.1) is 0 Å². The number of rotatable bonds is 7. The van der Waals surface area contributed by atoms with Crippen molar-refractivity contribution in [2.24, 2.45) is 0 Å². The maximum Gasteiger partial charge on any atom is 0.258 e. The molecule has 0 radical (unpaired) electrons. The van der Waals surface area contributed by atoms with Crippen molar-refractivity contribution in [1.82, 2.24) is 9.97 Å². The largest absolute Gasteiger partial charge is 0.358 e. The Balaban J connectivity index is 1.70. The Labute approximate surface area is 184 Å². The van der Waals surface area contributed by atoms with Crippen LogP contribution in [0.15, 0.2) is 53.5 Å². The Morgan fingerprint density at radius 2 is 1.87 bits per heavy atom. The van der Waals surface area contributed by atoms with Crippen LogP contribution in [0.25, 0.3) is 0 Å². The third-order valence-corrected chi connectivity index (χ3v) is 4.87. The predicted molar refractivity (Wildman–Crippen MR) is 118 cm³/mol. The first-order valence-electron chi connectivity index (χ1n) is 9.32. The van der Waals surface area contributed by atoms with E-state index < -0.39 is 11.7 Å². The molecule has 0 saturated heterocycles. The van der Waals surface area contributed by atoms with Gasteiger partial charge in [0.05, 0.1) is 29.4 Å². The number of hydrogen-bond donors (Lipinski definition) is 1. The van der Waals surface area contributed by atoms with Crippen LogP contribution in [0.2, 0.25) is 5.02 Å². The highest BCUT2D eigenvalue weighted by atomic mass is 35.5. The van der Waals surface area contributed by atoms with E-state index in [9.17, 15) is 9.59 Å². The number of thiazole rings is 1. The topological polar surface area (TPSA) is 81.2 Å². The molecule has 0 aliphatic carbocycles. The Bertz CT molecular complexity index is 998. The Kier molecular flexibility index (Phi) is 6.97. The van der Waals surface area contributed by atoms with Crippen molar-refractivity contribution < 1.29 is 14.3 Å². The van der Waals surface area contributed by atoms with E-state index in [-0.39, 0.29) is 18.1 Å². The smallest absolute Gasteiger partial charge is 0.258 e. The molecule has 0 aliphatic rings. The summed E-state index contributed by atoms with van der Waals surface area (Å²) in [5.41, 5.74) is 3.35. The van der Waals surface area contributed by atoms with Crippen molar-refractivity contribution >= 4 is 40.3 Å². The summed E-state index contributed by atoms with van der Waals surface area (Å²) in [6.45, 7) is 5.66. The van der Waals surface area contributed by atoms with Gasteiger partial charge in [-0.25, -0.2) is 4.98 Å². The molecule has 1 amide bonds. The zero-order valence-electron chi connectivity index (χ0n) is 16.9. The molecule has 156 valence electrons. The van der Waals surface area contributed by atoms with E-state index >= 15 is 0 Å². The normalized spacial score (nSPS) is 12.4. The number of amides is 1. The van der Waals surface area contributed by atoms with E-state index in [0.29, 0.717) is 27.7 Å². The molecule has 0 saturated carbocycles. The fourth-order valence-electron chi connectivity index (χ4n) is 2.68. The number of carbonyl (C=O) groups excluding carboxylic acids is 2. The zero-order valence-corrected chi connectivity index (χ0v) is 18.5. The lowest BCUT2D eigenvalue weighted by atomic mass is 10.1. The van der Waals surface area contributed by atoms with Crippen LogP contribution in [0.1, 0.15) is 48.6 Å². The number of nitrogens with one attached hydrogen (secondary N) is 1. The molecule has 3 rings (SSSR count). The molecular formula is C22H22ClN3O3S. The molecule has 0 fully saturated rings. The molecule has 30 heavy (non-hydrogen) atoms. The second kappa shape index (κ2) is 9.47. The van der Waals surface area contributed by atoms with Crippen LogP contribution in [-0.4, -0.2) is 27.3 Å². The quantitative estimate of drug-likeness (QED) is 0.513. The van der Waals surface area contributed by atoms with Crippen LogP contribution in [0.3, 0.4) is 0 Å². The average molecular weight is 444 g/mol. The molecule has 0 bridgehead atoms. The van der Waals surface area contributed by atoms with Gasteiger partial charge in [0.25, 0.3) is 5.91 Å². The molecular weight excluding hydrogens is 422 g/mol. The van der Waals surface area contributed by atoms with E-state index in [1.165, 1.54) is 17.5 Å². The molecule has 1 N–H and O–H groups in total. The minimum absolute atomic E-state index is 0.0954. The van der Waals surface area contributed by atoms with Gasteiger partial charge in [0.2, 0.25) is 0 Å². The minimum atomic E-state index is -0.812. The maximum absolute atomic E-state index is 12.9. The second-order valence-electron chi connectivity index (χ2n) is 7.66. The van der Waals surface area contributed by atoms with Gasteiger partial charge in [-0.1, -0.05) is 23.7 Å². The number of ketones is 1. The number of Topliss-reactive ketones (excluding diaryl/α,β-unsaturated/α-hetero) is 1. The fourth-order valence-corrected chi connectivity index (χ4v) is 3.36. The van der Waals surface area contributed by atoms with Crippen molar-refractivity contribution in [3.8, 4) is 0 Å². The van der Waals surface area contributed by atoms with Crippen molar-refractivity contribution in [1.29, 1.82) is 0 Å². The fraction of sp³-hybridized carbons (Fsp3) is 0.273. The van der Waals surface area contributed by atoms with E-state index in [4.69, 9.17) is 16.3 Å². The van der Waals surface area contributed by atoms with Gasteiger partial charge in [0.1, 0.15) is 5.69 Å². The number of hydrogen-bond acceptors (Lipinski definition) is 6. The van der Waals surface area contributed by atoms with Crippen molar-refractivity contribution in [3.05, 3.63) is 75.5 Å². The van der Waals surface area contributed by atoms with Gasteiger partial charge >= 0.3 is 0 Å². The van der Waals surface area contributed by atoms with E-state index in [0.717, 1.165) is 0 Å². The van der Waals surface area contributed by atoms with Gasteiger partial charge < -0.3 is 10.1 Å². The summed E-state index contributed by atoms with van der Waals surface area (Å²) in [6, 6.07) is 10.4. The lowest BCUT2D eigenvalue weighted by Crippen LogP contribution is -2.31. The minimum Gasteiger partial charge on any atom is -0.358 e. The SMILES string of the molecule is CC(C)(C)OC(C(=O)Nc1ccc(CC(=O)c2cscn2)nc1)c1ccc(Cl)cc1. The highest BCUT2D eigenvalue weighted by Crippen LogP contribution is 2.27. The summed E-state index contributed by atoms with van der Waals surface area (Å²) >= 11 is 7.34. The summed E-state index contributed by atoms with van der Waals surface area (Å²) in [6.07, 6.45) is 0.865. The first-order valence-corrected chi connectivity index (χ1v) is 10.6. The Hall–Kier alpha value is -2.61. The highest BCUT2D eigenvalue weighted by molar-refractivity contribution is 7.07. The van der Waals surface area contributed by atoms with E-state index in [1.807, 2.05) is 20.8 Å². The Morgan fingerprint density at radius 1 is 1.13 bits per heavy atom. The molecule has 6 nitrogen and oxygen atoms in total. The van der Waals surface area contributed by atoms with Crippen molar-refractivity contribution in [2.75, 3.05) is 5.32 Å². The summed E-state index contributed by atoms with van der Waals surface area (Å²) < 4.78 is 5.99. The summed E-state index contributed by atoms with van der Waals surface area (Å²) in [5.74, 6) is -0.415. The third kappa shape index (κ3) is 6.19. The molecule has 0 spiro atoms. The van der Waals surface area contributed by atoms with Gasteiger partial charge in [-0.05, 0) is 50.6 Å². The lowest BCUT2D eigenvalue weighted by Gasteiger charge is -2.27. The van der Waals surface area contributed by atoms with Crippen LogP contribution < -0.4 is 5.32 Å². The summed E-state index contributed by atoms with van der Waals surface area (Å²) in [5, 5.41) is 5.13. The first kappa shape index (κ1) is 22.1. The standard InChI is InChI=1S/C22H22ClN3O3S/c1-22(2,3)29-20(14-4-6-15(23)7-5-14)21(28)26-17-9-8-16(24-11-17)10-19(27)18-12-30-13-25-18/h4-9,11-13,20H,10H2,1-3H3,(H,26,28). The first-order chi connectivity index (χ1) is 14.2. The number of pyridine rings is 1. The zero-order chi connectivity index (χ0) is 21.7. The molecule has 0 aliphatic heterocycles. The molecule has 1 unspecified atom stereocenters. The Morgan fingerprint density at radius 3 is 2.43 bits per heavy atom. The van der Waals surface area contributed by atoms with E-state index in [1.54, 1.807) is 47.3 Å². The van der Waals surface area contributed by atoms with Crippen LogP contribution in [0.4, 0.5) is 5.69 Å². The van der Waals surface area contributed by atoms with Crippen molar-refractivity contribution in [2.45, 2.75) is 38.9 Å². The van der Waals surface area contributed by atoms with Gasteiger partial charge in [-0.2, -0.15) is 0 Å².